The third-order valence-corrected chi connectivity index (χ3v) is 1.98. The van der Waals surface area contributed by atoms with Crippen LogP contribution in [0.2, 0.25) is 5.02 Å². The topological polar surface area (TPSA) is 24.7 Å². The van der Waals surface area contributed by atoms with Gasteiger partial charge in [-0.15, -0.1) is 0 Å². The molecule has 0 fully saturated rings. The van der Waals surface area contributed by atoms with Gasteiger partial charge in [0.15, 0.2) is 0 Å². The lowest BCUT2D eigenvalue weighted by molar-refractivity contribution is 1.44. The van der Waals surface area contributed by atoms with Crippen LogP contribution in [-0.4, -0.2) is 13.1 Å². The standard InChI is InChI=1S/C8H6BrClN2/c1-11-5-12-8-3-2-6(9)4-7(8)10/h2-4H,1H3. The molecule has 0 bridgehead atoms. The van der Waals surface area contributed by atoms with Crippen LogP contribution in [0, 0.1) is 0 Å². The molecule has 0 aliphatic heterocycles. The maximum Gasteiger partial charge on any atom is 0.0946 e. The predicted octanol–water partition coefficient (Wildman–Crippen LogP) is 3.54. The van der Waals surface area contributed by atoms with Gasteiger partial charge in [-0.05, 0) is 18.2 Å². The lowest BCUT2D eigenvalue weighted by Crippen LogP contribution is -1.68. The Morgan fingerprint density at radius 1 is 1.50 bits per heavy atom. The molecule has 0 amide bonds. The van der Waals surface area contributed by atoms with Crippen LogP contribution in [-0.2, 0) is 0 Å². The highest BCUT2D eigenvalue weighted by Gasteiger charge is 1.97. The van der Waals surface area contributed by atoms with Crippen LogP contribution in [0.25, 0.3) is 0 Å². The van der Waals surface area contributed by atoms with Crippen molar-refractivity contribution in [3.05, 3.63) is 27.7 Å². The summed E-state index contributed by atoms with van der Waals surface area (Å²) in [7, 11) is 1.61. The molecular weight excluding hydrogens is 239 g/mol. The molecule has 0 atom stereocenters. The van der Waals surface area contributed by atoms with Gasteiger partial charge in [-0.3, -0.25) is 0 Å². The molecule has 0 spiro atoms. The Labute approximate surface area is 84.1 Å². The highest BCUT2D eigenvalue weighted by atomic mass is 79.9. The fraction of sp³-hybridized carbons (Fsp3) is 0.125. The zero-order valence-electron chi connectivity index (χ0n) is 6.38. The smallest absolute Gasteiger partial charge is 0.0946 e. The molecule has 0 unspecified atom stereocenters. The van der Waals surface area contributed by atoms with E-state index in [1.807, 2.05) is 6.07 Å². The van der Waals surface area contributed by atoms with Crippen molar-refractivity contribution in [3.8, 4) is 0 Å². The molecular formula is C8H6BrClN2. The van der Waals surface area contributed by atoms with Crippen LogP contribution < -0.4 is 0 Å². The lowest BCUT2D eigenvalue weighted by atomic mass is 10.3. The van der Waals surface area contributed by atoms with E-state index in [9.17, 15) is 0 Å². The summed E-state index contributed by atoms with van der Waals surface area (Å²) in [4.78, 5) is 7.50. The van der Waals surface area contributed by atoms with Crippen molar-refractivity contribution in [2.45, 2.75) is 0 Å². The van der Waals surface area contributed by atoms with E-state index < -0.39 is 0 Å². The Morgan fingerprint density at radius 2 is 2.25 bits per heavy atom. The highest BCUT2D eigenvalue weighted by molar-refractivity contribution is 9.10. The molecule has 62 valence electrons. The summed E-state index contributed by atoms with van der Waals surface area (Å²) in [5, 5.41) is 0.584. The van der Waals surface area contributed by atoms with Gasteiger partial charge < -0.3 is 0 Å². The Balaban J connectivity index is 3.10. The van der Waals surface area contributed by atoms with Crippen LogP contribution in [0.5, 0.6) is 0 Å². The number of halogens is 2. The van der Waals surface area contributed by atoms with Gasteiger partial charge in [0.05, 0.1) is 16.7 Å². The number of benzene rings is 1. The average molecular weight is 246 g/mol. The van der Waals surface area contributed by atoms with Gasteiger partial charge in [0, 0.05) is 11.5 Å². The van der Waals surface area contributed by atoms with E-state index in [2.05, 4.69) is 31.9 Å². The quantitative estimate of drug-likeness (QED) is 0.676. The molecule has 1 rings (SSSR count). The average Bonchev–Trinajstić information content (AvgIpc) is 2.03. The zero-order valence-corrected chi connectivity index (χ0v) is 8.72. The van der Waals surface area contributed by atoms with Gasteiger partial charge in [-0.1, -0.05) is 27.5 Å². The number of aliphatic imine (C=N–C) groups is 2. The molecule has 12 heavy (non-hydrogen) atoms. The van der Waals surface area contributed by atoms with Crippen molar-refractivity contribution in [1.29, 1.82) is 0 Å². The van der Waals surface area contributed by atoms with E-state index in [4.69, 9.17) is 11.6 Å². The largest absolute Gasteiger partial charge is 0.229 e. The van der Waals surface area contributed by atoms with Gasteiger partial charge >= 0.3 is 0 Å². The number of rotatable bonds is 1. The maximum atomic E-state index is 5.86. The SMILES string of the molecule is CN=C=Nc1ccc(Br)cc1Cl. The zero-order chi connectivity index (χ0) is 8.97. The van der Waals surface area contributed by atoms with Crippen molar-refractivity contribution in [2.75, 3.05) is 7.05 Å². The second-order valence-electron chi connectivity index (χ2n) is 2.03. The van der Waals surface area contributed by atoms with E-state index in [-0.39, 0.29) is 0 Å². The maximum absolute atomic E-state index is 5.86. The van der Waals surface area contributed by atoms with Crippen LogP contribution >= 0.6 is 27.5 Å². The molecule has 4 heteroatoms. The van der Waals surface area contributed by atoms with Gasteiger partial charge in [-0.25, -0.2) is 4.99 Å². The number of nitrogens with zero attached hydrogens (tertiary/aromatic N) is 2. The Kier molecular flexibility index (Phi) is 3.48. The Morgan fingerprint density at radius 3 is 2.83 bits per heavy atom. The molecule has 2 nitrogen and oxygen atoms in total. The summed E-state index contributed by atoms with van der Waals surface area (Å²) in [5.41, 5.74) is 0.672. The monoisotopic (exact) mass is 244 g/mol. The fourth-order valence-corrected chi connectivity index (χ4v) is 1.39. The highest BCUT2D eigenvalue weighted by Crippen LogP contribution is 2.27. The van der Waals surface area contributed by atoms with Crippen molar-refractivity contribution in [2.24, 2.45) is 9.98 Å². The molecule has 0 aromatic heterocycles. The van der Waals surface area contributed by atoms with Gasteiger partial charge in [0.1, 0.15) is 0 Å². The first kappa shape index (κ1) is 9.46. The third-order valence-electron chi connectivity index (χ3n) is 1.18. The summed E-state index contributed by atoms with van der Waals surface area (Å²) in [5.74, 6) is 0. The minimum atomic E-state index is 0.584. The minimum Gasteiger partial charge on any atom is -0.229 e. The fourth-order valence-electron chi connectivity index (χ4n) is 0.676. The second-order valence-corrected chi connectivity index (χ2v) is 3.35. The van der Waals surface area contributed by atoms with Crippen LogP contribution in [0.1, 0.15) is 0 Å². The van der Waals surface area contributed by atoms with Crippen LogP contribution in [0.15, 0.2) is 32.7 Å². The lowest BCUT2D eigenvalue weighted by Gasteiger charge is -1.95. The molecule has 0 radical (unpaired) electrons. The first-order valence-corrected chi connectivity index (χ1v) is 4.40. The van der Waals surface area contributed by atoms with Crippen molar-refractivity contribution >= 4 is 39.2 Å². The van der Waals surface area contributed by atoms with E-state index in [1.54, 1.807) is 19.2 Å². The van der Waals surface area contributed by atoms with Gasteiger partial charge in [0.2, 0.25) is 0 Å². The van der Waals surface area contributed by atoms with Gasteiger partial charge in [-0.2, -0.15) is 4.99 Å². The number of hydrogen-bond acceptors (Lipinski definition) is 2. The number of hydrogen-bond donors (Lipinski definition) is 0. The molecule has 1 aromatic rings. The van der Waals surface area contributed by atoms with E-state index >= 15 is 0 Å². The molecule has 0 N–H and O–H groups in total. The molecule has 1 aromatic carbocycles. The predicted molar refractivity (Wildman–Crippen MR) is 54.6 cm³/mol. The summed E-state index contributed by atoms with van der Waals surface area (Å²) in [6, 6.07) is 7.91. The van der Waals surface area contributed by atoms with Gasteiger partial charge in [0.25, 0.3) is 0 Å². The summed E-state index contributed by atoms with van der Waals surface area (Å²) < 4.78 is 0.930. The second kappa shape index (κ2) is 4.41. The van der Waals surface area contributed by atoms with Crippen molar-refractivity contribution < 1.29 is 0 Å². The summed E-state index contributed by atoms with van der Waals surface area (Å²) in [6.07, 6.45) is 0. The van der Waals surface area contributed by atoms with Crippen LogP contribution in [0.3, 0.4) is 0 Å². The van der Waals surface area contributed by atoms with Crippen molar-refractivity contribution in [3.63, 3.8) is 0 Å². The molecule has 0 saturated heterocycles. The first-order valence-electron chi connectivity index (χ1n) is 3.23. The van der Waals surface area contributed by atoms with Crippen molar-refractivity contribution in [1.82, 2.24) is 0 Å². The van der Waals surface area contributed by atoms with E-state index in [0.29, 0.717) is 10.7 Å². The van der Waals surface area contributed by atoms with Crippen LogP contribution in [0.4, 0.5) is 5.69 Å². The molecule has 0 saturated carbocycles. The third kappa shape index (κ3) is 2.45. The normalized spacial score (nSPS) is 8.92. The summed E-state index contributed by atoms with van der Waals surface area (Å²) >= 11 is 9.15. The molecule has 0 aliphatic rings. The summed E-state index contributed by atoms with van der Waals surface area (Å²) in [6.45, 7) is 0. The Hall–Kier alpha value is -0.630. The molecule has 0 heterocycles. The molecule has 0 aliphatic carbocycles. The van der Waals surface area contributed by atoms with E-state index in [0.717, 1.165) is 4.47 Å². The Bertz CT molecular complexity index is 343. The van der Waals surface area contributed by atoms with E-state index in [1.165, 1.54) is 0 Å². The minimum absolute atomic E-state index is 0.584. The first-order chi connectivity index (χ1) is 5.74.